The van der Waals surface area contributed by atoms with Gasteiger partial charge >= 0.3 is 0 Å². The number of rotatable bonds is 3. The molecule has 0 radical (unpaired) electrons. The maximum atomic E-state index is 6.23. The van der Waals surface area contributed by atoms with E-state index in [2.05, 4.69) is 36.5 Å². The van der Waals surface area contributed by atoms with Crippen LogP contribution in [0, 0.1) is 0 Å². The minimum Gasteiger partial charge on any atom is -0.495 e. The van der Waals surface area contributed by atoms with E-state index in [0.29, 0.717) is 11.1 Å². The smallest absolute Gasteiger partial charge is 0.137 e. The first kappa shape index (κ1) is 13.3. The van der Waals surface area contributed by atoms with Crippen molar-refractivity contribution in [2.45, 2.75) is 25.8 Å². The molecule has 0 saturated heterocycles. The highest BCUT2D eigenvalue weighted by Gasteiger charge is 2.24. The summed E-state index contributed by atoms with van der Waals surface area (Å²) in [5, 5.41) is 4.30. The molecule has 0 saturated carbocycles. The van der Waals surface area contributed by atoms with Gasteiger partial charge in [0, 0.05) is 5.69 Å². The highest BCUT2D eigenvalue weighted by molar-refractivity contribution is 6.32. The van der Waals surface area contributed by atoms with E-state index in [1.54, 1.807) is 7.11 Å². The summed E-state index contributed by atoms with van der Waals surface area (Å²) in [4.78, 5) is 0. The number of anilines is 1. The number of hydrogen-bond acceptors (Lipinski definition) is 2. The Labute approximate surface area is 124 Å². The van der Waals surface area contributed by atoms with Crippen LogP contribution < -0.4 is 10.1 Å². The van der Waals surface area contributed by atoms with Crippen molar-refractivity contribution in [2.24, 2.45) is 0 Å². The van der Waals surface area contributed by atoms with E-state index in [9.17, 15) is 0 Å². The maximum Gasteiger partial charge on any atom is 0.137 e. The SMILES string of the molecule is CCc1cccc2c1NC(c1ccc(OC)c(Cl)c1)C2. The third-order valence-corrected chi connectivity index (χ3v) is 4.23. The molecule has 2 aromatic carbocycles. The van der Waals surface area contributed by atoms with Crippen molar-refractivity contribution in [1.29, 1.82) is 0 Å². The van der Waals surface area contributed by atoms with Crippen molar-refractivity contribution < 1.29 is 4.74 Å². The number of halogens is 1. The molecule has 104 valence electrons. The Morgan fingerprint density at radius 2 is 2.15 bits per heavy atom. The zero-order valence-corrected chi connectivity index (χ0v) is 12.5. The van der Waals surface area contributed by atoms with E-state index in [4.69, 9.17) is 16.3 Å². The van der Waals surface area contributed by atoms with Crippen LogP contribution in [0.4, 0.5) is 5.69 Å². The van der Waals surface area contributed by atoms with Gasteiger partial charge in [-0.2, -0.15) is 0 Å². The molecule has 1 heterocycles. The normalized spacial score (nSPS) is 16.6. The third-order valence-electron chi connectivity index (χ3n) is 3.94. The number of aryl methyl sites for hydroxylation is 1. The van der Waals surface area contributed by atoms with Gasteiger partial charge in [-0.3, -0.25) is 0 Å². The fraction of sp³-hybridized carbons (Fsp3) is 0.294. The predicted molar refractivity (Wildman–Crippen MR) is 83.9 cm³/mol. The van der Waals surface area contributed by atoms with E-state index in [-0.39, 0.29) is 0 Å². The average molecular weight is 288 g/mol. The molecule has 20 heavy (non-hydrogen) atoms. The number of fused-ring (bicyclic) bond motifs is 1. The van der Waals surface area contributed by atoms with Crippen LogP contribution in [0.1, 0.15) is 29.7 Å². The topological polar surface area (TPSA) is 21.3 Å². The fourth-order valence-corrected chi connectivity index (χ4v) is 3.12. The first-order valence-electron chi connectivity index (χ1n) is 6.93. The van der Waals surface area contributed by atoms with Gasteiger partial charge in [0.25, 0.3) is 0 Å². The Hall–Kier alpha value is -1.67. The molecule has 2 nitrogen and oxygen atoms in total. The van der Waals surface area contributed by atoms with Gasteiger partial charge in [-0.25, -0.2) is 0 Å². The van der Waals surface area contributed by atoms with Gasteiger partial charge in [-0.15, -0.1) is 0 Å². The molecule has 0 bridgehead atoms. The summed E-state index contributed by atoms with van der Waals surface area (Å²) in [7, 11) is 1.64. The van der Waals surface area contributed by atoms with Gasteiger partial charge in [-0.1, -0.05) is 42.8 Å². The molecule has 1 aliphatic rings. The summed E-state index contributed by atoms with van der Waals surface area (Å²) in [5.41, 5.74) is 5.27. The zero-order valence-electron chi connectivity index (χ0n) is 11.7. The van der Waals surface area contributed by atoms with Crippen molar-refractivity contribution in [3.8, 4) is 5.75 Å². The van der Waals surface area contributed by atoms with Gasteiger partial charge in [0.2, 0.25) is 0 Å². The molecule has 0 aromatic heterocycles. The molecule has 0 spiro atoms. The molecule has 1 atom stereocenters. The van der Waals surface area contributed by atoms with Gasteiger partial charge in [-0.05, 0) is 41.7 Å². The summed E-state index contributed by atoms with van der Waals surface area (Å²) in [6, 6.07) is 12.8. The minimum absolute atomic E-state index is 0.293. The van der Waals surface area contributed by atoms with Crippen molar-refractivity contribution in [3.05, 3.63) is 58.1 Å². The number of nitrogens with one attached hydrogen (secondary N) is 1. The Bertz CT molecular complexity index is 639. The van der Waals surface area contributed by atoms with Crippen molar-refractivity contribution >= 4 is 17.3 Å². The molecule has 2 aromatic rings. The number of hydrogen-bond donors (Lipinski definition) is 1. The second kappa shape index (κ2) is 5.37. The molecule has 3 rings (SSSR count). The van der Waals surface area contributed by atoms with E-state index < -0.39 is 0 Å². The second-order valence-corrected chi connectivity index (χ2v) is 5.51. The Morgan fingerprint density at radius 3 is 2.85 bits per heavy atom. The van der Waals surface area contributed by atoms with E-state index in [0.717, 1.165) is 18.6 Å². The van der Waals surface area contributed by atoms with Gasteiger partial charge in [0.15, 0.2) is 0 Å². The average Bonchev–Trinajstić information content (AvgIpc) is 2.91. The van der Waals surface area contributed by atoms with E-state index in [1.165, 1.54) is 22.4 Å². The monoisotopic (exact) mass is 287 g/mol. The molecule has 3 heteroatoms. The lowest BCUT2D eigenvalue weighted by atomic mass is 10.0. The van der Waals surface area contributed by atoms with Crippen LogP contribution in [0.5, 0.6) is 5.75 Å². The first-order chi connectivity index (χ1) is 9.72. The van der Waals surface area contributed by atoms with Crippen LogP contribution in [0.15, 0.2) is 36.4 Å². The number of ether oxygens (including phenoxy) is 1. The number of benzene rings is 2. The largest absolute Gasteiger partial charge is 0.495 e. The van der Waals surface area contributed by atoms with Crippen LogP contribution in [0.3, 0.4) is 0 Å². The molecule has 0 aliphatic carbocycles. The fourth-order valence-electron chi connectivity index (χ4n) is 2.85. The number of para-hydroxylation sites is 1. The zero-order chi connectivity index (χ0) is 14.1. The Morgan fingerprint density at radius 1 is 1.30 bits per heavy atom. The first-order valence-corrected chi connectivity index (χ1v) is 7.31. The highest BCUT2D eigenvalue weighted by Crippen LogP contribution is 2.38. The van der Waals surface area contributed by atoms with E-state index >= 15 is 0 Å². The molecule has 0 fully saturated rings. The molecule has 1 N–H and O–H groups in total. The van der Waals surface area contributed by atoms with Crippen LogP contribution in [-0.4, -0.2) is 7.11 Å². The predicted octanol–water partition coefficient (Wildman–Crippen LogP) is 4.62. The second-order valence-electron chi connectivity index (χ2n) is 5.10. The molecule has 1 aliphatic heterocycles. The van der Waals surface area contributed by atoms with Crippen molar-refractivity contribution in [3.63, 3.8) is 0 Å². The molecular formula is C17H18ClNO. The third kappa shape index (κ3) is 2.25. The summed E-state index contributed by atoms with van der Waals surface area (Å²) < 4.78 is 5.21. The molecule has 0 amide bonds. The Kier molecular flexibility index (Phi) is 3.58. The van der Waals surface area contributed by atoms with Crippen LogP contribution in [0.2, 0.25) is 5.02 Å². The van der Waals surface area contributed by atoms with Gasteiger partial charge in [0.1, 0.15) is 5.75 Å². The van der Waals surface area contributed by atoms with Gasteiger partial charge in [0.05, 0.1) is 18.2 Å². The Balaban J connectivity index is 1.90. The highest BCUT2D eigenvalue weighted by atomic mass is 35.5. The summed E-state index contributed by atoms with van der Waals surface area (Å²) in [5.74, 6) is 0.722. The van der Waals surface area contributed by atoms with E-state index in [1.807, 2.05) is 12.1 Å². The van der Waals surface area contributed by atoms with Crippen molar-refractivity contribution in [2.75, 3.05) is 12.4 Å². The van der Waals surface area contributed by atoms with Crippen LogP contribution >= 0.6 is 11.6 Å². The lowest BCUT2D eigenvalue weighted by molar-refractivity contribution is 0.415. The lowest BCUT2D eigenvalue weighted by Gasteiger charge is -2.14. The van der Waals surface area contributed by atoms with Crippen LogP contribution in [0.25, 0.3) is 0 Å². The summed E-state index contributed by atoms with van der Waals surface area (Å²) in [6.45, 7) is 2.19. The van der Waals surface area contributed by atoms with Crippen LogP contribution in [-0.2, 0) is 12.8 Å². The summed E-state index contributed by atoms with van der Waals surface area (Å²) >= 11 is 6.23. The minimum atomic E-state index is 0.293. The number of methoxy groups -OCH3 is 1. The maximum absolute atomic E-state index is 6.23. The quantitative estimate of drug-likeness (QED) is 0.889. The summed E-state index contributed by atoms with van der Waals surface area (Å²) in [6.07, 6.45) is 2.05. The molecular weight excluding hydrogens is 270 g/mol. The van der Waals surface area contributed by atoms with Crippen molar-refractivity contribution in [1.82, 2.24) is 0 Å². The lowest BCUT2D eigenvalue weighted by Crippen LogP contribution is -2.06. The molecule has 1 unspecified atom stereocenters. The standard InChI is InChI=1S/C17H18ClNO/c1-3-11-5-4-6-13-10-15(19-17(11)13)12-7-8-16(20-2)14(18)9-12/h4-9,15,19H,3,10H2,1-2H3. The van der Waals surface area contributed by atoms with Gasteiger partial charge < -0.3 is 10.1 Å².